The van der Waals surface area contributed by atoms with Crippen molar-refractivity contribution in [1.82, 2.24) is 9.88 Å². The van der Waals surface area contributed by atoms with Crippen LogP contribution in [0.2, 0.25) is 0 Å². The van der Waals surface area contributed by atoms with Crippen molar-refractivity contribution in [2.45, 2.75) is 45.4 Å². The summed E-state index contributed by atoms with van der Waals surface area (Å²) >= 11 is 0. The summed E-state index contributed by atoms with van der Waals surface area (Å²) in [4.78, 5) is 19.1. The Balaban J connectivity index is 1.46. The molecule has 4 nitrogen and oxygen atoms in total. The first-order chi connectivity index (χ1) is 13.3. The lowest BCUT2D eigenvalue weighted by Crippen LogP contribution is -2.39. The number of hydrogen-bond donors (Lipinski definition) is 1. The normalized spacial score (nSPS) is 14.9. The molecule has 1 aromatic heterocycles. The lowest BCUT2D eigenvalue weighted by atomic mass is 9.90. The van der Waals surface area contributed by atoms with Gasteiger partial charge in [0.1, 0.15) is 5.82 Å². The third-order valence-electron chi connectivity index (χ3n) is 5.37. The molecule has 0 spiro atoms. The zero-order valence-electron chi connectivity index (χ0n) is 16.4. The molecule has 1 aliphatic heterocycles. The molecule has 1 aliphatic rings. The molecule has 0 radical (unpaired) electrons. The van der Waals surface area contributed by atoms with Crippen molar-refractivity contribution >= 4 is 11.7 Å². The molecular weight excluding hydrogens is 334 g/mol. The van der Waals surface area contributed by atoms with Gasteiger partial charge in [-0.3, -0.25) is 4.79 Å². The number of hydrogen-bond acceptors (Lipinski definition) is 3. The summed E-state index contributed by atoms with van der Waals surface area (Å²) in [6.45, 7) is 4.81. The largest absolute Gasteiger partial charge is 0.370 e. The summed E-state index contributed by atoms with van der Waals surface area (Å²) in [5, 5.41) is 3.32. The molecule has 144 valence electrons. The van der Waals surface area contributed by atoms with Crippen LogP contribution in [0.25, 0.3) is 0 Å². The van der Waals surface area contributed by atoms with Crippen LogP contribution >= 0.6 is 0 Å². The van der Waals surface area contributed by atoms with Crippen molar-refractivity contribution in [2.24, 2.45) is 5.92 Å². The number of carbonyl (C=O) groups is 1. The van der Waals surface area contributed by atoms with E-state index in [0.717, 1.165) is 51.1 Å². The first-order valence-electron chi connectivity index (χ1n) is 10.3. The van der Waals surface area contributed by atoms with Crippen molar-refractivity contribution in [2.75, 3.05) is 25.0 Å². The number of piperidine rings is 1. The highest BCUT2D eigenvalue weighted by Crippen LogP contribution is 2.23. The molecule has 0 atom stereocenters. The molecule has 1 N–H and O–H groups in total. The molecular formula is C23H31N3O. The summed E-state index contributed by atoms with van der Waals surface area (Å²) in [7, 11) is 0. The monoisotopic (exact) mass is 365 g/mol. The van der Waals surface area contributed by atoms with Crippen molar-refractivity contribution in [3.63, 3.8) is 0 Å². The molecule has 2 aromatic rings. The Labute approximate surface area is 163 Å². The Morgan fingerprint density at radius 1 is 1.11 bits per heavy atom. The van der Waals surface area contributed by atoms with Crippen molar-refractivity contribution < 1.29 is 4.79 Å². The molecule has 3 rings (SSSR count). The number of carbonyl (C=O) groups excluding carboxylic acids is 1. The minimum Gasteiger partial charge on any atom is -0.370 e. The van der Waals surface area contributed by atoms with E-state index in [-0.39, 0.29) is 5.91 Å². The molecule has 0 bridgehead atoms. The first kappa shape index (κ1) is 19.4. The van der Waals surface area contributed by atoms with Crippen LogP contribution in [0.15, 0.2) is 48.7 Å². The smallest absolute Gasteiger partial charge is 0.255 e. The number of nitrogens with zero attached hydrogens (tertiary/aromatic N) is 2. The Hall–Kier alpha value is -2.36. The Morgan fingerprint density at radius 2 is 1.89 bits per heavy atom. The summed E-state index contributed by atoms with van der Waals surface area (Å²) in [5.41, 5.74) is 2.09. The quantitative estimate of drug-likeness (QED) is 0.685. The predicted molar refractivity (Wildman–Crippen MR) is 111 cm³/mol. The van der Waals surface area contributed by atoms with Crippen LogP contribution in [0.3, 0.4) is 0 Å². The van der Waals surface area contributed by atoms with Crippen LogP contribution in [0.4, 0.5) is 5.82 Å². The minimum atomic E-state index is 0.109. The van der Waals surface area contributed by atoms with Gasteiger partial charge >= 0.3 is 0 Å². The fourth-order valence-electron chi connectivity index (χ4n) is 3.69. The summed E-state index contributed by atoms with van der Waals surface area (Å²) in [6, 6.07) is 14.5. The molecule has 1 aromatic carbocycles. The molecule has 1 fully saturated rings. The third-order valence-corrected chi connectivity index (χ3v) is 5.37. The maximum Gasteiger partial charge on any atom is 0.255 e. The second-order valence-electron chi connectivity index (χ2n) is 7.49. The van der Waals surface area contributed by atoms with Crippen LogP contribution < -0.4 is 5.32 Å². The van der Waals surface area contributed by atoms with E-state index in [1.807, 2.05) is 17.0 Å². The number of anilines is 1. The van der Waals surface area contributed by atoms with E-state index >= 15 is 0 Å². The molecule has 1 amide bonds. The standard InChI is InChI=1S/C23H31N3O/c1-2-3-7-14-24-22-11-10-21(18-25-22)23(27)26-15-12-20(13-16-26)17-19-8-5-4-6-9-19/h4-6,8-11,18,20H,2-3,7,12-17H2,1H3,(H,24,25). The van der Waals surface area contributed by atoms with Crippen LogP contribution in [-0.2, 0) is 6.42 Å². The Bertz CT molecular complexity index is 691. The van der Waals surface area contributed by atoms with E-state index in [1.54, 1.807) is 6.20 Å². The zero-order valence-corrected chi connectivity index (χ0v) is 16.4. The zero-order chi connectivity index (χ0) is 18.9. The summed E-state index contributed by atoms with van der Waals surface area (Å²) in [5.74, 6) is 1.63. The maximum absolute atomic E-state index is 12.7. The first-order valence-corrected chi connectivity index (χ1v) is 10.3. The number of pyridine rings is 1. The van der Waals surface area contributed by atoms with Gasteiger partial charge in [-0.1, -0.05) is 50.1 Å². The van der Waals surface area contributed by atoms with E-state index in [2.05, 4.69) is 47.6 Å². The van der Waals surface area contributed by atoms with E-state index < -0.39 is 0 Å². The van der Waals surface area contributed by atoms with Gasteiger partial charge in [0, 0.05) is 25.8 Å². The molecule has 0 saturated carbocycles. The highest BCUT2D eigenvalue weighted by molar-refractivity contribution is 5.94. The Kier molecular flexibility index (Phi) is 7.26. The highest BCUT2D eigenvalue weighted by atomic mass is 16.2. The van der Waals surface area contributed by atoms with Crippen LogP contribution in [0.5, 0.6) is 0 Å². The predicted octanol–water partition coefficient (Wildman–Crippen LogP) is 4.78. The van der Waals surface area contributed by atoms with Gasteiger partial charge in [0.2, 0.25) is 0 Å². The van der Waals surface area contributed by atoms with E-state index in [9.17, 15) is 4.79 Å². The SMILES string of the molecule is CCCCCNc1ccc(C(=O)N2CCC(Cc3ccccc3)CC2)cn1. The fraction of sp³-hybridized carbons (Fsp3) is 0.478. The molecule has 0 unspecified atom stereocenters. The van der Waals surface area contributed by atoms with Crippen molar-refractivity contribution in [1.29, 1.82) is 0 Å². The molecule has 1 saturated heterocycles. The van der Waals surface area contributed by atoms with Gasteiger partial charge in [0.25, 0.3) is 5.91 Å². The average molecular weight is 366 g/mol. The average Bonchev–Trinajstić information content (AvgIpc) is 2.72. The van der Waals surface area contributed by atoms with Gasteiger partial charge in [0.15, 0.2) is 0 Å². The third kappa shape index (κ3) is 5.81. The number of rotatable bonds is 8. The number of unbranched alkanes of at least 4 members (excludes halogenated alkanes) is 2. The minimum absolute atomic E-state index is 0.109. The molecule has 0 aliphatic carbocycles. The van der Waals surface area contributed by atoms with Gasteiger partial charge in [-0.25, -0.2) is 4.98 Å². The molecule has 27 heavy (non-hydrogen) atoms. The van der Waals surface area contributed by atoms with Crippen LogP contribution in [0.1, 0.15) is 54.9 Å². The van der Waals surface area contributed by atoms with E-state index in [0.29, 0.717) is 11.5 Å². The van der Waals surface area contributed by atoms with Crippen LogP contribution in [-0.4, -0.2) is 35.4 Å². The number of amides is 1. The second kappa shape index (κ2) is 10.1. The lowest BCUT2D eigenvalue weighted by molar-refractivity contribution is 0.0690. The number of nitrogens with one attached hydrogen (secondary N) is 1. The molecule has 2 heterocycles. The van der Waals surface area contributed by atoms with Crippen LogP contribution in [0, 0.1) is 5.92 Å². The van der Waals surface area contributed by atoms with Crippen molar-refractivity contribution in [3.8, 4) is 0 Å². The van der Waals surface area contributed by atoms with E-state index in [1.165, 1.54) is 18.4 Å². The maximum atomic E-state index is 12.7. The van der Waals surface area contributed by atoms with E-state index in [4.69, 9.17) is 0 Å². The van der Waals surface area contributed by atoms with Gasteiger partial charge < -0.3 is 10.2 Å². The summed E-state index contributed by atoms with van der Waals surface area (Å²) < 4.78 is 0. The molecule has 4 heteroatoms. The van der Waals surface area contributed by atoms with Gasteiger partial charge in [-0.15, -0.1) is 0 Å². The number of likely N-dealkylation sites (tertiary alicyclic amines) is 1. The van der Waals surface area contributed by atoms with Gasteiger partial charge in [-0.05, 0) is 49.3 Å². The number of aromatic nitrogens is 1. The second-order valence-corrected chi connectivity index (χ2v) is 7.49. The topological polar surface area (TPSA) is 45.2 Å². The fourth-order valence-corrected chi connectivity index (χ4v) is 3.69. The Morgan fingerprint density at radius 3 is 2.56 bits per heavy atom. The lowest BCUT2D eigenvalue weighted by Gasteiger charge is -2.32. The van der Waals surface area contributed by atoms with Gasteiger partial charge in [-0.2, -0.15) is 0 Å². The summed E-state index contributed by atoms with van der Waals surface area (Å²) in [6.07, 6.45) is 8.56. The van der Waals surface area contributed by atoms with Gasteiger partial charge in [0.05, 0.1) is 5.56 Å². The highest BCUT2D eigenvalue weighted by Gasteiger charge is 2.23. The van der Waals surface area contributed by atoms with Crippen molar-refractivity contribution in [3.05, 3.63) is 59.8 Å². The number of benzene rings is 1.